The lowest BCUT2D eigenvalue weighted by atomic mass is 10.1. The van der Waals surface area contributed by atoms with Gasteiger partial charge in [-0.2, -0.15) is 9.40 Å². The van der Waals surface area contributed by atoms with E-state index in [0.717, 1.165) is 35.5 Å². The number of carbonyl (C=O) groups is 1. The lowest BCUT2D eigenvalue weighted by molar-refractivity contribution is -0.120. The zero-order valence-electron chi connectivity index (χ0n) is 20.7. The normalized spacial score (nSPS) is 15.5. The zero-order chi connectivity index (χ0) is 25.2. The first-order chi connectivity index (χ1) is 16.7. The second-order valence-corrected chi connectivity index (χ2v) is 11.1. The molecule has 4 rings (SSSR count). The molecule has 35 heavy (non-hydrogen) atoms. The Morgan fingerprint density at radius 2 is 1.69 bits per heavy atom. The number of aryl methyl sites for hydroxylation is 1. The molecule has 2 aromatic carbocycles. The Morgan fingerprint density at radius 1 is 1.06 bits per heavy atom. The van der Waals surface area contributed by atoms with E-state index in [9.17, 15) is 13.2 Å². The summed E-state index contributed by atoms with van der Waals surface area (Å²) < 4.78 is 28.9. The molecule has 1 amide bonds. The first kappa shape index (κ1) is 25.1. The molecule has 1 aliphatic heterocycles. The summed E-state index contributed by atoms with van der Waals surface area (Å²) >= 11 is 0. The van der Waals surface area contributed by atoms with Crippen molar-refractivity contribution in [2.75, 3.05) is 25.5 Å². The molecule has 1 aromatic heterocycles. The molecule has 0 bridgehead atoms. The van der Waals surface area contributed by atoms with Gasteiger partial charge in [0.1, 0.15) is 0 Å². The third kappa shape index (κ3) is 5.32. The monoisotopic (exact) mass is 495 g/mol. The molecule has 3 aromatic rings. The number of sulfonamides is 1. The number of nitrogens with one attached hydrogen (secondary N) is 1. The number of amides is 1. The molecule has 1 saturated heterocycles. The average Bonchev–Trinajstić information content (AvgIpc) is 3.50. The maximum Gasteiger partial charge on any atom is 0.243 e. The summed E-state index contributed by atoms with van der Waals surface area (Å²) in [6, 6.07) is 16.0. The molecule has 2 heterocycles. The number of hydrogen-bond acceptors (Lipinski definition) is 5. The predicted molar refractivity (Wildman–Crippen MR) is 137 cm³/mol. The highest BCUT2D eigenvalue weighted by Gasteiger charge is 2.27. The number of para-hydroxylation sites is 1. The number of aromatic nitrogens is 2. The zero-order valence-corrected chi connectivity index (χ0v) is 21.5. The van der Waals surface area contributed by atoms with E-state index in [1.54, 1.807) is 24.3 Å². The molecular formula is C26H33N5O3S. The highest BCUT2D eigenvalue weighted by Crippen LogP contribution is 2.23. The van der Waals surface area contributed by atoms with Crippen LogP contribution in [-0.4, -0.2) is 59.5 Å². The number of nitrogens with zero attached hydrogens (tertiary/aromatic N) is 4. The third-order valence-corrected chi connectivity index (χ3v) is 8.63. The van der Waals surface area contributed by atoms with E-state index in [4.69, 9.17) is 5.10 Å². The van der Waals surface area contributed by atoms with Gasteiger partial charge in [-0.15, -0.1) is 0 Å². The minimum absolute atomic E-state index is 0.159. The van der Waals surface area contributed by atoms with Gasteiger partial charge < -0.3 is 5.32 Å². The Labute approximate surface area is 207 Å². The van der Waals surface area contributed by atoms with Gasteiger partial charge in [-0.25, -0.2) is 13.1 Å². The van der Waals surface area contributed by atoms with Gasteiger partial charge >= 0.3 is 0 Å². The minimum atomic E-state index is -3.47. The van der Waals surface area contributed by atoms with Crippen LogP contribution in [0.4, 0.5) is 5.69 Å². The standard InChI is InChI=1S/C26H33N5O3S/c1-19-25(20(2)31(28-19)23-10-6-5-7-11-23)18-29(4)21(3)26(32)27-22-12-14-24(15-13-22)35(33,34)30-16-8-9-17-30/h5-7,10-15,21H,8-9,16-18H2,1-4H3,(H,27,32)/t21-/m1/s1. The first-order valence-electron chi connectivity index (χ1n) is 11.9. The van der Waals surface area contributed by atoms with Gasteiger partial charge in [0.2, 0.25) is 15.9 Å². The van der Waals surface area contributed by atoms with E-state index in [1.165, 1.54) is 4.31 Å². The van der Waals surface area contributed by atoms with Crippen molar-refractivity contribution < 1.29 is 13.2 Å². The smallest absolute Gasteiger partial charge is 0.243 e. The van der Waals surface area contributed by atoms with Crippen LogP contribution in [0.3, 0.4) is 0 Å². The Morgan fingerprint density at radius 3 is 2.31 bits per heavy atom. The van der Waals surface area contributed by atoms with Gasteiger partial charge in [0.15, 0.2) is 0 Å². The van der Waals surface area contributed by atoms with Crippen molar-refractivity contribution in [3.63, 3.8) is 0 Å². The fraction of sp³-hybridized carbons (Fsp3) is 0.385. The van der Waals surface area contributed by atoms with Crippen LogP contribution in [0.2, 0.25) is 0 Å². The molecule has 1 N–H and O–H groups in total. The summed E-state index contributed by atoms with van der Waals surface area (Å²) in [5.74, 6) is -0.159. The fourth-order valence-corrected chi connectivity index (χ4v) is 5.86. The van der Waals surface area contributed by atoms with E-state index < -0.39 is 16.1 Å². The number of anilines is 1. The first-order valence-corrected chi connectivity index (χ1v) is 13.3. The van der Waals surface area contributed by atoms with Crippen LogP contribution in [0.5, 0.6) is 0 Å². The molecule has 0 radical (unpaired) electrons. The lowest BCUT2D eigenvalue weighted by Crippen LogP contribution is -2.39. The van der Waals surface area contributed by atoms with Gasteiger partial charge in [-0.1, -0.05) is 18.2 Å². The SMILES string of the molecule is Cc1nn(-c2ccccc2)c(C)c1CN(C)[C@H](C)C(=O)Nc1ccc(S(=O)(=O)N2CCCC2)cc1. The lowest BCUT2D eigenvalue weighted by Gasteiger charge is -2.24. The second kappa shape index (κ2) is 10.3. The second-order valence-electron chi connectivity index (χ2n) is 9.11. The maximum absolute atomic E-state index is 12.9. The summed E-state index contributed by atoms with van der Waals surface area (Å²) in [5.41, 5.74) is 4.64. The number of benzene rings is 2. The van der Waals surface area contributed by atoms with Crippen molar-refractivity contribution >= 4 is 21.6 Å². The van der Waals surface area contributed by atoms with Crippen molar-refractivity contribution in [2.45, 2.75) is 51.1 Å². The van der Waals surface area contributed by atoms with Gasteiger partial charge in [0, 0.05) is 36.6 Å². The molecule has 1 fully saturated rings. The van der Waals surface area contributed by atoms with Crippen LogP contribution in [0.15, 0.2) is 59.5 Å². The van der Waals surface area contributed by atoms with Crippen LogP contribution in [-0.2, 0) is 21.4 Å². The highest BCUT2D eigenvalue weighted by atomic mass is 32.2. The van der Waals surface area contributed by atoms with Gasteiger partial charge in [-0.05, 0) is 77.1 Å². The molecule has 0 unspecified atom stereocenters. The van der Waals surface area contributed by atoms with Crippen molar-refractivity contribution in [2.24, 2.45) is 0 Å². The summed E-state index contributed by atoms with van der Waals surface area (Å²) in [6.45, 7) is 7.58. The highest BCUT2D eigenvalue weighted by molar-refractivity contribution is 7.89. The van der Waals surface area contributed by atoms with Crippen molar-refractivity contribution in [1.82, 2.24) is 19.0 Å². The number of rotatable bonds is 8. The summed E-state index contributed by atoms with van der Waals surface area (Å²) in [7, 11) is -1.56. The largest absolute Gasteiger partial charge is 0.325 e. The van der Waals surface area contributed by atoms with E-state index >= 15 is 0 Å². The van der Waals surface area contributed by atoms with Crippen molar-refractivity contribution in [3.05, 3.63) is 71.5 Å². The van der Waals surface area contributed by atoms with Crippen LogP contribution >= 0.6 is 0 Å². The van der Waals surface area contributed by atoms with E-state index in [0.29, 0.717) is 25.3 Å². The Bertz CT molecular complexity index is 1280. The van der Waals surface area contributed by atoms with Gasteiger partial charge in [0.05, 0.1) is 22.3 Å². The fourth-order valence-electron chi connectivity index (χ4n) is 4.35. The number of hydrogen-bond donors (Lipinski definition) is 1. The minimum Gasteiger partial charge on any atom is -0.325 e. The Balaban J connectivity index is 1.41. The van der Waals surface area contributed by atoms with Gasteiger partial charge in [0.25, 0.3) is 0 Å². The summed E-state index contributed by atoms with van der Waals surface area (Å²) in [4.78, 5) is 15.2. The molecule has 0 spiro atoms. The average molecular weight is 496 g/mol. The van der Waals surface area contributed by atoms with Crippen molar-refractivity contribution in [3.8, 4) is 5.69 Å². The summed E-state index contributed by atoms with van der Waals surface area (Å²) in [5, 5.41) is 7.61. The number of likely N-dealkylation sites (N-methyl/N-ethyl adjacent to an activating group) is 1. The van der Waals surface area contributed by atoms with E-state index in [1.807, 2.05) is 67.7 Å². The Hall–Kier alpha value is -3.01. The Kier molecular flexibility index (Phi) is 7.39. The molecule has 0 aliphatic carbocycles. The molecule has 186 valence electrons. The van der Waals surface area contributed by atoms with E-state index in [-0.39, 0.29) is 10.8 Å². The molecular weight excluding hydrogens is 462 g/mol. The van der Waals surface area contributed by atoms with Crippen LogP contribution in [0.25, 0.3) is 5.69 Å². The molecule has 8 nitrogen and oxygen atoms in total. The van der Waals surface area contributed by atoms with Crippen LogP contribution < -0.4 is 5.32 Å². The van der Waals surface area contributed by atoms with Crippen LogP contribution in [0, 0.1) is 13.8 Å². The molecule has 9 heteroatoms. The maximum atomic E-state index is 12.9. The van der Waals surface area contributed by atoms with Crippen molar-refractivity contribution in [1.29, 1.82) is 0 Å². The number of carbonyl (C=O) groups excluding carboxylic acids is 1. The quantitative estimate of drug-likeness (QED) is 0.515. The summed E-state index contributed by atoms with van der Waals surface area (Å²) in [6.07, 6.45) is 1.79. The molecule has 1 atom stereocenters. The molecule has 0 saturated carbocycles. The van der Waals surface area contributed by atoms with E-state index in [2.05, 4.69) is 5.32 Å². The molecule has 1 aliphatic rings. The topological polar surface area (TPSA) is 87.5 Å². The van der Waals surface area contributed by atoms with Gasteiger partial charge in [-0.3, -0.25) is 9.69 Å². The third-order valence-electron chi connectivity index (χ3n) is 6.71. The predicted octanol–water partition coefficient (Wildman–Crippen LogP) is 3.73. The van der Waals surface area contributed by atoms with Crippen LogP contribution in [0.1, 0.15) is 36.7 Å².